The number of carbonyl (C=O) groups is 1. The molecule has 1 amide bonds. The van der Waals surface area contributed by atoms with E-state index in [9.17, 15) is 15.0 Å². The Labute approximate surface area is 97.2 Å². The van der Waals surface area contributed by atoms with Gasteiger partial charge in [-0.05, 0) is 13.0 Å². The Hall–Kier alpha value is -0.650. The fraction of sp³-hybridized carbons (Fsp3) is 0.909. The van der Waals surface area contributed by atoms with Gasteiger partial charge >= 0.3 is 0 Å². The highest BCUT2D eigenvalue weighted by molar-refractivity contribution is 5.79. The fourth-order valence-corrected chi connectivity index (χ4v) is 1.28. The third-order valence-electron chi connectivity index (χ3n) is 2.82. The van der Waals surface area contributed by atoms with Crippen LogP contribution in [0.5, 0.6) is 0 Å². The van der Waals surface area contributed by atoms with Gasteiger partial charge in [-0.1, -0.05) is 20.8 Å². The average molecular weight is 232 g/mol. The minimum absolute atomic E-state index is 0.147. The van der Waals surface area contributed by atoms with E-state index in [-0.39, 0.29) is 25.0 Å². The van der Waals surface area contributed by atoms with Crippen LogP contribution in [0.2, 0.25) is 0 Å². The molecule has 0 fully saturated rings. The van der Waals surface area contributed by atoms with Crippen molar-refractivity contribution in [2.45, 2.75) is 32.7 Å². The van der Waals surface area contributed by atoms with Crippen LogP contribution in [-0.2, 0) is 4.79 Å². The van der Waals surface area contributed by atoms with E-state index in [1.807, 2.05) is 20.8 Å². The van der Waals surface area contributed by atoms with Gasteiger partial charge in [-0.25, -0.2) is 0 Å². The summed E-state index contributed by atoms with van der Waals surface area (Å²) in [6.45, 7) is 6.52. The molecule has 0 radical (unpaired) electrons. The summed E-state index contributed by atoms with van der Waals surface area (Å²) in [5, 5.41) is 24.2. The molecular weight excluding hydrogens is 208 g/mol. The van der Waals surface area contributed by atoms with E-state index in [0.717, 1.165) is 6.54 Å². The van der Waals surface area contributed by atoms with Crippen LogP contribution in [0.3, 0.4) is 0 Å². The maximum Gasteiger partial charge on any atom is 0.224 e. The summed E-state index contributed by atoms with van der Waals surface area (Å²) in [5.74, 6) is -0.324. The number of amides is 1. The Balaban J connectivity index is 4.28. The molecule has 0 aliphatic carbocycles. The third kappa shape index (κ3) is 4.47. The lowest BCUT2D eigenvalue weighted by Crippen LogP contribution is -2.55. The minimum Gasteiger partial charge on any atom is -0.394 e. The first-order valence-corrected chi connectivity index (χ1v) is 5.79. The predicted molar refractivity (Wildman–Crippen MR) is 63.0 cm³/mol. The number of rotatable bonds is 8. The van der Waals surface area contributed by atoms with Crippen LogP contribution >= 0.6 is 0 Å². The topological polar surface area (TPSA) is 81.6 Å². The largest absolute Gasteiger partial charge is 0.394 e. The van der Waals surface area contributed by atoms with Gasteiger partial charge in [-0.3, -0.25) is 4.79 Å². The predicted octanol–water partition coefficient (Wildman–Crippen LogP) is -0.518. The number of hydrogen-bond donors (Lipinski definition) is 4. The number of aliphatic hydroxyl groups is 2. The van der Waals surface area contributed by atoms with Gasteiger partial charge in [0.1, 0.15) is 0 Å². The molecule has 0 bridgehead atoms. The van der Waals surface area contributed by atoms with Crippen LogP contribution < -0.4 is 10.6 Å². The molecule has 0 saturated heterocycles. The average Bonchev–Trinajstić information content (AvgIpc) is 2.32. The highest BCUT2D eigenvalue weighted by Crippen LogP contribution is 2.09. The van der Waals surface area contributed by atoms with Crippen molar-refractivity contribution in [1.29, 1.82) is 0 Å². The summed E-state index contributed by atoms with van der Waals surface area (Å²) in [5.41, 5.74) is -0.891. The molecule has 96 valence electrons. The molecule has 0 aromatic rings. The molecule has 0 aliphatic rings. The Bertz CT molecular complexity index is 197. The molecular formula is C11H24N2O3. The van der Waals surface area contributed by atoms with E-state index in [4.69, 9.17) is 0 Å². The zero-order valence-corrected chi connectivity index (χ0v) is 10.4. The summed E-state index contributed by atoms with van der Waals surface area (Å²) in [6, 6.07) is 0. The molecule has 0 spiro atoms. The normalized spacial score (nSPS) is 13.6. The first-order chi connectivity index (χ1) is 7.55. The van der Waals surface area contributed by atoms with Gasteiger partial charge < -0.3 is 20.8 Å². The van der Waals surface area contributed by atoms with E-state index in [1.165, 1.54) is 0 Å². The quantitative estimate of drug-likeness (QED) is 0.454. The van der Waals surface area contributed by atoms with Gasteiger partial charge in [0.05, 0.1) is 18.8 Å². The van der Waals surface area contributed by atoms with Crippen LogP contribution in [0.1, 0.15) is 27.2 Å². The van der Waals surface area contributed by atoms with E-state index in [2.05, 4.69) is 10.6 Å². The smallest absolute Gasteiger partial charge is 0.224 e. The Morgan fingerprint density at radius 1 is 1.31 bits per heavy atom. The van der Waals surface area contributed by atoms with Gasteiger partial charge in [0, 0.05) is 12.5 Å². The molecule has 1 atom stereocenters. The SMILES string of the molecule is CCNCC(C)C(=O)NC(CC)(CO)CO. The van der Waals surface area contributed by atoms with Gasteiger partial charge in [-0.2, -0.15) is 0 Å². The van der Waals surface area contributed by atoms with Crippen molar-refractivity contribution in [2.24, 2.45) is 5.92 Å². The summed E-state index contributed by atoms with van der Waals surface area (Å²) in [7, 11) is 0. The van der Waals surface area contributed by atoms with E-state index >= 15 is 0 Å². The van der Waals surface area contributed by atoms with Crippen molar-refractivity contribution in [1.82, 2.24) is 10.6 Å². The van der Waals surface area contributed by atoms with Crippen LogP contribution in [0, 0.1) is 5.92 Å². The van der Waals surface area contributed by atoms with Crippen LogP contribution in [0.15, 0.2) is 0 Å². The molecule has 0 heterocycles. The molecule has 16 heavy (non-hydrogen) atoms. The van der Waals surface area contributed by atoms with E-state index in [1.54, 1.807) is 0 Å². The number of carbonyl (C=O) groups excluding carboxylic acids is 1. The number of hydrogen-bond acceptors (Lipinski definition) is 4. The van der Waals surface area contributed by atoms with Crippen molar-refractivity contribution in [3.05, 3.63) is 0 Å². The summed E-state index contributed by atoms with van der Waals surface area (Å²) < 4.78 is 0. The monoisotopic (exact) mass is 232 g/mol. The molecule has 0 rings (SSSR count). The highest BCUT2D eigenvalue weighted by atomic mass is 16.3. The van der Waals surface area contributed by atoms with Crippen molar-refractivity contribution >= 4 is 5.91 Å². The van der Waals surface area contributed by atoms with Gasteiger partial charge in [0.25, 0.3) is 0 Å². The summed E-state index contributed by atoms with van der Waals surface area (Å²) in [4.78, 5) is 11.8. The minimum atomic E-state index is -0.891. The lowest BCUT2D eigenvalue weighted by atomic mass is 9.97. The van der Waals surface area contributed by atoms with Gasteiger partial charge in [0.15, 0.2) is 0 Å². The fourth-order valence-electron chi connectivity index (χ4n) is 1.28. The summed E-state index contributed by atoms with van der Waals surface area (Å²) in [6.07, 6.45) is 0.500. The second kappa shape index (κ2) is 7.60. The van der Waals surface area contributed by atoms with Gasteiger partial charge in [0.2, 0.25) is 5.91 Å². The molecule has 1 unspecified atom stereocenters. The Morgan fingerprint density at radius 2 is 1.88 bits per heavy atom. The lowest BCUT2D eigenvalue weighted by molar-refractivity contribution is -0.127. The third-order valence-corrected chi connectivity index (χ3v) is 2.82. The first kappa shape index (κ1) is 15.3. The van der Waals surface area contributed by atoms with Crippen molar-refractivity contribution in [2.75, 3.05) is 26.3 Å². The Morgan fingerprint density at radius 3 is 2.25 bits per heavy atom. The molecule has 0 aliphatic heterocycles. The number of nitrogens with one attached hydrogen (secondary N) is 2. The van der Waals surface area contributed by atoms with Crippen LogP contribution in [-0.4, -0.2) is 48.0 Å². The summed E-state index contributed by atoms with van der Waals surface area (Å²) >= 11 is 0. The van der Waals surface area contributed by atoms with Crippen LogP contribution in [0.25, 0.3) is 0 Å². The molecule has 5 heteroatoms. The Kier molecular flexibility index (Phi) is 7.29. The second-order valence-electron chi connectivity index (χ2n) is 4.15. The second-order valence-corrected chi connectivity index (χ2v) is 4.15. The molecule has 0 aromatic carbocycles. The molecule has 4 N–H and O–H groups in total. The maximum absolute atomic E-state index is 11.8. The molecule has 5 nitrogen and oxygen atoms in total. The van der Waals surface area contributed by atoms with Crippen molar-refractivity contribution in [3.8, 4) is 0 Å². The molecule has 0 saturated carbocycles. The van der Waals surface area contributed by atoms with Crippen LogP contribution in [0.4, 0.5) is 0 Å². The number of aliphatic hydroxyl groups excluding tert-OH is 2. The zero-order valence-electron chi connectivity index (χ0n) is 10.4. The van der Waals surface area contributed by atoms with E-state index < -0.39 is 5.54 Å². The van der Waals surface area contributed by atoms with Gasteiger partial charge in [-0.15, -0.1) is 0 Å². The van der Waals surface area contributed by atoms with E-state index in [0.29, 0.717) is 13.0 Å². The lowest BCUT2D eigenvalue weighted by Gasteiger charge is -2.31. The first-order valence-electron chi connectivity index (χ1n) is 5.79. The standard InChI is InChI=1S/C11H24N2O3/c1-4-11(7-14,8-15)13-10(16)9(3)6-12-5-2/h9,12,14-15H,4-8H2,1-3H3,(H,13,16). The van der Waals surface area contributed by atoms with Crippen molar-refractivity contribution < 1.29 is 15.0 Å². The molecule has 0 aromatic heterocycles. The highest BCUT2D eigenvalue weighted by Gasteiger charge is 2.29. The zero-order chi connectivity index (χ0) is 12.6. The van der Waals surface area contributed by atoms with Crippen molar-refractivity contribution in [3.63, 3.8) is 0 Å². The maximum atomic E-state index is 11.8.